The Balaban J connectivity index is 1.81. The fraction of sp³-hybridized carbons (Fsp3) is 0.161. The van der Waals surface area contributed by atoms with Crippen LogP contribution in [0.1, 0.15) is 35.2 Å². The molecule has 37 heavy (non-hydrogen) atoms. The van der Waals surface area contributed by atoms with Crippen LogP contribution in [-0.4, -0.2) is 28.5 Å². The van der Waals surface area contributed by atoms with Crippen LogP contribution in [0.3, 0.4) is 0 Å². The van der Waals surface area contributed by atoms with Crippen LogP contribution in [0.5, 0.6) is 11.5 Å². The highest BCUT2D eigenvalue weighted by atomic mass is 16.5. The third kappa shape index (κ3) is 4.10. The van der Waals surface area contributed by atoms with Crippen molar-refractivity contribution in [3.8, 4) is 11.5 Å². The molecule has 4 aromatic carbocycles. The molecule has 5 rings (SSSR count). The average Bonchev–Trinajstić information content (AvgIpc) is 3.16. The van der Waals surface area contributed by atoms with Crippen molar-refractivity contribution in [1.29, 1.82) is 0 Å². The van der Waals surface area contributed by atoms with Gasteiger partial charge in [-0.05, 0) is 61.5 Å². The maximum absolute atomic E-state index is 13.7. The van der Waals surface area contributed by atoms with E-state index >= 15 is 0 Å². The molecule has 0 aliphatic carbocycles. The summed E-state index contributed by atoms with van der Waals surface area (Å²) in [6.45, 7) is 5.87. The normalized spacial score (nSPS) is 16.9. The van der Waals surface area contributed by atoms with Crippen LogP contribution in [0.15, 0.2) is 84.4 Å². The molecule has 6 nitrogen and oxygen atoms in total. The summed E-state index contributed by atoms with van der Waals surface area (Å²) in [6.07, 6.45) is 0. The number of aromatic hydroxyl groups is 1. The van der Waals surface area contributed by atoms with E-state index in [0.29, 0.717) is 23.4 Å². The number of aliphatic hydroxyl groups is 1. The Morgan fingerprint density at radius 3 is 2.49 bits per heavy atom. The molecule has 4 aromatic rings. The fourth-order valence-electron chi connectivity index (χ4n) is 4.92. The zero-order valence-corrected chi connectivity index (χ0v) is 20.9. The number of benzene rings is 4. The topological polar surface area (TPSA) is 87.1 Å². The second-order valence-electron chi connectivity index (χ2n) is 9.15. The van der Waals surface area contributed by atoms with Crippen LogP contribution < -0.4 is 9.64 Å². The molecule has 0 radical (unpaired) electrons. The highest BCUT2D eigenvalue weighted by Gasteiger charge is 2.47. The van der Waals surface area contributed by atoms with E-state index in [1.165, 1.54) is 11.0 Å². The van der Waals surface area contributed by atoms with Gasteiger partial charge in [-0.1, -0.05) is 60.2 Å². The summed E-state index contributed by atoms with van der Waals surface area (Å²) in [5.74, 6) is -1.57. The molecule has 6 heteroatoms. The minimum absolute atomic E-state index is 0.0141. The molecular formula is C31H27NO5. The minimum Gasteiger partial charge on any atom is -0.507 e. The lowest BCUT2D eigenvalue weighted by Gasteiger charge is -2.27. The summed E-state index contributed by atoms with van der Waals surface area (Å²) < 4.78 is 5.60. The maximum Gasteiger partial charge on any atom is 0.300 e. The van der Waals surface area contributed by atoms with E-state index in [1.54, 1.807) is 31.2 Å². The van der Waals surface area contributed by atoms with E-state index in [1.807, 2.05) is 62.4 Å². The number of hydrogen-bond acceptors (Lipinski definition) is 5. The van der Waals surface area contributed by atoms with E-state index in [0.717, 1.165) is 21.9 Å². The van der Waals surface area contributed by atoms with Crippen LogP contribution >= 0.6 is 0 Å². The number of ether oxygens (including phenoxy) is 1. The van der Waals surface area contributed by atoms with Gasteiger partial charge in [0.1, 0.15) is 5.76 Å². The number of carbonyl (C=O) groups excluding carboxylic acids is 2. The number of Topliss-reactive ketones (excluding diaryl/α,β-unsaturated/α-hetero) is 1. The lowest BCUT2D eigenvalue weighted by Crippen LogP contribution is -2.29. The molecule has 1 heterocycles. The predicted octanol–water partition coefficient (Wildman–Crippen LogP) is 6.19. The van der Waals surface area contributed by atoms with Crippen molar-refractivity contribution < 1.29 is 24.5 Å². The van der Waals surface area contributed by atoms with Gasteiger partial charge in [0, 0.05) is 10.9 Å². The monoisotopic (exact) mass is 493 g/mol. The Labute approximate surface area is 215 Å². The second-order valence-corrected chi connectivity index (χ2v) is 9.15. The summed E-state index contributed by atoms with van der Waals surface area (Å²) >= 11 is 0. The largest absolute Gasteiger partial charge is 0.507 e. The fourth-order valence-corrected chi connectivity index (χ4v) is 4.92. The highest BCUT2D eigenvalue weighted by Crippen LogP contribution is 2.45. The standard InChI is InChI=1S/C31H27NO5/c1-4-37-26-17-21(14-15-25(26)33)28-27(29(34)23-16-18(2)12-13-19(23)3)30(35)31(36)32(28)24-11-7-9-20-8-5-6-10-22(20)24/h5-17,28,33-34H,4H2,1-3H3/b29-27+. The number of amides is 1. The Kier molecular flexibility index (Phi) is 6.17. The number of fused-ring (bicyclic) bond motifs is 1. The van der Waals surface area contributed by atoms with Crippen molar-refractivity contribution in [3.63, 3.8) is 0 Å². The van der Waals surface area contributed by atoms with Crippen LogP contribution in [-0.2, 0) is 9.59 Å². The first-order chi connectivity index (χ1) is 17.8. The molecule has 1 amide bonds. The van der Waals surface area contributed by atoms with Crippen LogP contribution in [0, 0.1) is 13.8 Å². The first-order valence-electron chi connectivity index (χ1n) is 12.1. The third-order valence-electron chi connectivity index (χ3n) is 6.72. The second kappa shape index (κ2) is 9.47. The van der Waals surface area contributed by atoms with E-state index in [9.17, 15) is 19.8 Å². The highest BCUT2D eigenvalue weighted by molar-refractivity contribution is 6.52. The molecule has 186 valence electrons. The van der Waals surface area contributed by atoms with Gasteiger partial charge in [-0.2, -0.15) is 0 Å². The Bertz CT molecular complexity index is 1580. The summed E-state index contributed by atoms with van der Waals surface area (Å²) in [4.78, 5) is 28.7. The molecule has 1 aliphatic heterocycles. The summed E-state index contributed by atoms with van der Waals surface area (Å²) in [5, 5.41) is 23.6. The zero-order valence-electron chi connectivity index (χ0n) is 20.9. The molecule has 1 aliphatic rings. The third-order valence-corrected chi connectivity index (χ3v) is 6.72. The molecule has 1 unspecified atom stereocenters. The summed E-state index contributed by atoms with van der Waals surface area (Å²) in [7, 11) is 0. The molecular weight excluding hydrogens is 466 g/mol. The summed E-state index contributed by atoms with van der Waals surface area (Å²) in [6, 6.07) is 22.6. The first-order valence-corrected chi connectivity index (χ1v) is 12.1. The maximum atomic E-state index is 13.7. The van der Waals surface area contributed by atoms with Crippen LogP contribution in [0.25, 0.3) is 16.5 Å². The smallest absolute Gasteiger partial charge is 0.300 e. The molecule has 0 spiro atoms. The van der Waals surface area contributed by atoms with Gasteiger partial charge in [0.2, 0.25) is 0 Å². The number of nitrogens with zero attached hydrogens (tertiary/aromatic N) is 1. The van der Waals surface area contributed by atoms with E-state index in [2.05, 4.69) is 0 Å². The summed E-state index contributed by atoms with van der Waals surface area (Å²) in [5.41, 5.74) is 3.25. The molecule has 0 aromatic heterocycles. The van der Waals surface area contributed by atoms with Gasteiger partial charge < -0.3 is 14.9 Å². The van der Waals surface area contributed by atoms with Crippen molar-refractivity contribution in [2.75, 3.05) is 11.5 Å². The van der Waals surface area contributed by atoms with Gasteiger partial charge in [0.15, 0.2) is 11.5 Å². The number of aryl methyl sites for hydroxylation is 2. The van der Waals surface area contributed by atoms with E-state index in [-0.39, 0.29) is 22.8 Å². The van der Waals surface area contributed by atoms with Gasteiger partial charge >= 0.3 is 0 Å². The van der Waals surface area contributed by atoms with Crippen molar-refractivity contribution in [3.05, 3.63) is 107 Å². The predicted molar refractivity (Wildman–Crippen MR) is 144 cm³/mol. The molecule has 1 atom stereocenters. The molecule has 0 saturated carbocycles. The number of carbonyl (C=O) groups is 2. The number of ketones is 1. The lowest BCUT2D eigenvalue weighted by molar-refractivity contribution is -0.132. The number of hydrogen-bond donors (Lipinski definition) is 2. The van der Waals surface area contributed by atoms with Gasteiger partial charge in [-0.3, -0.25) is 14.5 Å². The Morgan fingerprint density at radius 1 is 0.946 bits per heavy atom. The van der Waals surface area contributed by atoms with Gasteiger partial charge in [-0.15, -0.1) is 0 Å². The molecule has 1 saturated heterocycles. The van der Waals surface area contributed by atoms with Crippen molar-refractivity contribution in [1.82, 2.24) is 0 Å². The number of phenolic OH excluding ortho intramolecular Hbond substituents is 1. The quantitative estimate of drug-likeness (QED) is 0.197. The van der Waals surface area contributed by atoms with Gasteiger partial charge in [0.05, 0.1) is 23.9 Å². The van der Waals surface area contributed by atoms with Crippen molar-refractivity contribution >= 4 is 33.9 Å². The minimum atomic E-state index is -0.939. The Morgan fingerprint density at radius 2 is 1.70 bits per heavy atom. The van der Waals surface area contributed by atoms with Crippen LogP contribution in [0.4, 0.5) is 5.69 Å². The van der Waals surface area contributed by atoms with Gasteiger partial charge in [0.25, 0.3) is 11.7 Å². The first kappa shape index (κ1) is 24.1. The number of phenols is 1. The Hall–Kier alpha value is -4.58. The number of anilines is 1. The zero-order chi connectivity index (χ0) is 26.3. The van der Waals surface area contributed by atoms with Gasteiger partial charge in [-0.25, -0.2) is 0 Å². The molecule has 2 N–H and O–H groups in total. The van der Waals surface area contributed by atoms with Crippen molar-refractivity contribution in [2.24, 2.45) is 0 Å². The van der Waals surface area contributed by atoms with E-state index < -0.39 is 17.7 Å². The SMILES string of the molecule is CCOc1cc(C2/C(=C(\O)c3cc(C)ccc3C)C(=O)C(=O)N2c2cccc3ccccc23)ccc1O. The van der Waals surface area contributed by atoms with Crippen LogP contribution in [0.2, 0.25) is 0 Å². The lowest BCUT2D eigenvalue weighted by atomic mass is 9.92. The number of aliphatic hydroxyl groups excluding tert-OH is 1. The molecule has 1 fully saturated rings. The van der Waals surface area contributed by atoms with Crippen molar-refractivity contribution in [2.45, 2.75) is 26.8 Å². The number of rotatable bonds is 5. The average molecular weight is 494 g/mol. The molecule has 0 bridgehead atoms. The van der Waals surface area contributed by atoms with E-state index in [4.69, 9.17) is 4.74 Å².